The lowest BCUT2D eigenvalue weighted by Crippen LogP contribution is -2.23. The third-order valence-corrected chi connectivity index (χ3v) is 4.08. The Morgan fingerprint density at radius 1 is 1.04 bits per heavy atom. The zero-order chi connectivity index (χ0) is 18.8. The zero-order valence-electron chi connectivity index (χ0n) is 14.2. The lowest BCUT2D eigenvalue weighted by molar-refractivity contribution is -0.144. The van der Waals surface area contributed by atoms with E-state index in [0.29, 0.717) is 22.4 Å². The Kier molecular flexibility index (Phi) is 4.58. The van der Waals surface area contributed by atoms with Crippen LogP contribution < -0.4 is 9.47 Å². The van der Waals surface area contributed by atoms with Crippen molar-refractivity contribution in [1.29, 1.82) is 0 Å². The van der Waals surface area contributed by atoms with Crippen LogP contribution in [0.3, 0.4) is 0 Å². The maximum absolute atomic E-state index is 12.6. The number of para-hydroxylation sites is 1. The molecule has 0 saturated heterocycles. The molecule has 0 heterocycles. The summed E-state index contributed by atoms with van der Waals surface area (Å²) in [4.78, 5) is 36.2. The number of hydrogen-bond acceptors (Lipinski definition) is 5. The molecule has 0 fully saturated rings. The molecule has 2 aromatic carbocycles. The van der Waals surface area contributed by atoms with E-state index in [2.05, 4.69) is 0 Å². The minimum atomic E-state index is -1.14. The molecule has 0 unspecified atom stereocenters. The van der Waals surface area contributed by atoms with Crippen LogP contribution in [0.4, 0.5) is 0 Å². The fraction of sp³-hybridized carbons (Fsp3) is 0.150. The maximum atomic E-state index is 12.6. The molecule has 6 nitrogen and oxygen atoms in total. The molecule has 6 heteroatoms. The minimum Gasteiger partial charge on any atom is -0.493 e. The molecular formula is C20H16O6. The first-order valence-corrected chi connectivity index (χ1v) is 7.90. The number of hydrogen-bond donors (Lipinski definition) is 1. The zero-order valence-corrected chi connectivity index (χ0v) is 14.2. The fourth-order valence-corrected chi connectivity index (χ4v) is 2.72. The van der Waals surface area contributed by atoms with Gasteiger partial charge in [0.15, 0.2) is 29.2 Å². The number of ketones is 2. The Labute approximate surface area is 149 Å². The Hall–Kier alpha value is -3.41. The summed E-state index contributed by atoms with van der Waals surface area (Å²) in [6.07, 6.45) is 0.285. The second-order valence-electron chi connectivity index (χ2n) is 5.74. The van der Waals surface area contributed by atoms with Gasteiger partial charge in [-0.05, 0) is 19.1 Å². The average Bonchev–Trinajstić information content (AvgIpc) is 2.88. The Balaban J connectivity index is 2.08. The summed E-state index contributed by atoms with van der Waals surface area (Å²) in [6, 6.07) is 11.5. The van der Waals surface area contributed by atoms with Crippen molar-refractivity contribution < 1.29 is 29.0 Å². The van der Waals surface area contributed by atoms with Crippen molar-refractivity contribution in [3.63, 3.8) is 0 Å². The van der Waals surface area contributed by atoms with Gasteiger partial charge in [0.1, 0.15) is 0 Å². The van der Waals surface area contributed by atoms with E-state index in [1.54, 1.807) is 42.5 Å². The van der Waals surface area contributed by atoms with Crippen molar-refractivity contribution in [2.24, 2.45) is 0 Å². The van der Waals surface area contributed by atoms with Crippen LogP contribution in [0.1, 0.15) is 33.2 Å². The molecule has 1 atom stereocenters. The highest BCUT2D eigenvalue weighted by molar-refractivity contribution is 6.41. The number of aliphatic carboxylic acids is 1. The highest BCUT2D eigenvalue weighted by Crippen LogP contribution is 2.35. The van der Waals surface area contributed by atoms with Gasteiger partial charge in [0.25, 0.3) is 0 Å². The van der Waals surface area contributed by atoms with Crippen molar-refractivity contribution in [2.75, 3.05) is 7.11 Å². The summed E-state index contributed by atoms with van der Waals surface area (Å²) >= 11 is 0. The van der Waals surface area contributed by atoms with Crippen LogP contribution in [0.5, 0.6) is 11.5 Å². The number of methoxy groups -OCH3 is 1. The smallest absolute Gasteiger partial charge is 0.344 e. The van der Waals surface area contributed by atoms with Gasteiger partial charge in [-0.2, -0.15) is 0 Å². The van der Waals surface area contributed by atoms with Gasteiger partial charge in [-0.1, -0.05) is 36.4 Å². The first-order chi connectivity index (χ1) is 12.4. The minimum absolute atomic E-state index is 0.00674. The van der Waals surface area contributed by atoms with Gasteiger partial charge in [0.2, 0.25) is 0 Å². The van der Waals surface area contributed by atoms with E-state index >= 15 is 0 Å². The van der Waals surface area contributed by atoms with Gasteiger partial charge in [-0.25, -0.2) is 4.79 Å². The molecule has 0 amide bonds. The van der Waals surface area contributed by atoms with Crippen LogP contribution in [-0.2, 0) is 4.79 Å². The van der Waals surface area contributed by atoms with Crippen LogP contribution >= 0.6 is 0 Å². The molecule has 1 N–H and O–H groups in total. The van der Waals surface area contributed by atoms with Crippen LogP contribution in [0, 0.1) is 0 Å². The van der Waals surface area contributed by atoms with E-state index in [1.165, 1.54) is 20.1 Å². The number of carboxylic acids is 1. The highest BCUT2D eigenvalue weighted by Gasteiger charge is 2.33. The first-order valence-electron chi connectivity index (χ1n) is 7.90. The predicted octanol–water partition coefficient (Wildman–Crippen LogP) is 3.01. The third-order valence-electron chi connectivity index (χ3n) is 4.08. The number of benzene rings is 2. The topological polar surface area (TPSA) is 89.9 Å². The number of allylic oxidation sites excluding steroid dienone is 1. The van der Waals surface area contributed by atoms with E-state index in [4.69, 9.17) is 14.6 Å². The lowest BCUT2D eigenvalue weighted by atomic mass is 10.1. The van der Waals surface area contributed by atoms with Crippen LogP contribution in [-0.4, -0.2) is 35.9 Å². The maximum Gasteiger partial charge on any atom is 0.344 e. The largest absolute Gasteiger partial charge is 0.493 e. The number of fused-ring (bicyclic) bond motifs is 1. The number of carbonyl (C=O) groups excluding carboxylic acids is 2. The standard InChI is InChI=1S/C20H16O6/c1-11(20(23)24)26-19-12(6-5-9-16(19)25-2)10-15-17(21)13-7-3-4-8-14(13)18(15)22/h3-11H,1-2H3,(H,23,24)/t11-/m0/s1. The highest BCUT2D eigenvalue weighted by atomic mass is 16.5. The van der Waals surface area contributed by atoms with Crippen molar-refractivity contribution in [3.05, 3.63) is 64.7 Å². The van der Waals surface area contributed by atoms with Gasteiger partial charge >= 0.3 is 5.97 Å². The predicted molar refractivity (Wildman–Crippen MR) is 93.8 cm³/mol. The second-order valence-corrected chi connectivity index (χ2v) is 5.74. The normalized spacial score (nSPS) is 14.0. The van der Waals surface area contributed by atoms with E-state index in [-0.39, 0.29) is 22.9 Å². The van der Waals surface area contributed by atoms with Crippen LogP contribution in [0.15, 0.2) is 48.0 Å². The van der Waals surface area contributed by atoms with Gasteiger partial charge in [-0.15, -0.1) is 0 Å². The monoisotopic (exact) mass is 352 g/mol. The van der Waals surface area contributed by atoms with Crippen LogP contribution in [0.2, 0.25) is 0 Å². The summed E-state index contributed by atoms with van der Waals surface area (Å²) in [6.45, 7) is 1.38. The Morgan fingerprint density at radius 2 is 1.65 bits per heavy atom. The van der Waals surface area contributed by atoms with Crippen molar-refractivity contribution in [1.82, 2.24) is 0 Å². The molecule has 132 valence electrons. The van der Waals surface area contributed by atoms with E-state index in [9.17, 15) is 14.4 Å². The van der Waals surface area contributed by atoms with Gasteiger partial charge < -0.3 is 14.6 Å². The number of Topliss-reactive ketones (excluding diaryl/α,β-unsaturated/α-hetero) is 2. The molecule has 1 aliphatic rings. The molecule has 0 aromatic heterocycles. The molecule has 0 spiro atoms. The molecule has 3 rings (SSSR count). The molecule has 1 aliphatic carbocycles. The number of carboxylic acid groups (broad SMARTS) is 1. The van der Waals surface area contributed by atoms with E-state index < -0.39 is 12.1 Å². The van der Waals surface area contributed by atoms with Gasteiger partial charge in [-0.3, -0.25) is 9.59 Å². The van der Waals surface area contributed by atoms with Crippen LogP contribution in [0.25, 0.3) is 6.08 Å². The Bertz CT molecular complexity index is 904. The molecule has 0 bridgehead atoms. The van der Waals surface area contributed by atoms with Gasteiger partial charge in [0.05, 0.1) is 12.7 Å². The lowest BCUT2D eigenvalue weighted by Gasteiger charge is -2.16. The average molecular weight is 352 g/mol. The molecule has 2 aromatic rings. The fourth-order valence-electron chi connectivity index (χ4n) is 2.72. The molecule has 0 radical (unpaired) electrons. The number of ether oxygens (including phenoxy) is 2. The molecule has 26 heavy (non-hydrogen) atoms. The molecular weight excluding hydrogens is 336 g/mol. The Morgan fingerprint density at radius 3 is 2.19 bits per heavy atom. The van der Waals surface area contributed by atoms with Crippen molar-refractivity contribution in [3.8, 4) is 11.5 Å². The number of carbonyl (C=O) groups is 3. The molecule has 0 aliphatic heterocycles. The second kappa shape index (κ2) is 6.84. The third kappa shape index (κ3) is 2.97. The first kappa shape index (κ1) is 17.4. The summed E-state index contributed by atoms with van der Waals surface area (Å²) in [5.41, 5.74) is 1.11. The SMILES string of the molecule is COc1cccc(C=C2C(=O)c3ccccc3C2=O)c1O[C@@H](C)C(=O)O. The summed E-state index contributed by atoms with van der Waals surface area (Å²) in [5, 5.41) is 9.10. The van der Waals surface area contributed by atoms with Crippen molar-refractivity contribution in [2.45, 2.75) is 13.0 Å². The number of rotatable bonds is 5. The summed E-state index contributed by atoms with van der Waals surface area (Å²) in [5.74, 6) is -1.41. The van der Waals surface area contributed by atoms with E-state index in [0.717, 1.165) is 0 Å². The summed E-state index contributed by atoms with van der Waals surface area (Å²) < 4.78 is 10.7. The van der Waals surface area contributed by atoms with E-state index in [1.807, 2.05) is 0 Å². The molecule has 0 saturated carbocycles. The van der Waals surface area contributed by atoms with Crippen molar-refractivity contribution >= 4 is 23.6 Å². The van der Waals surface area contributed by atoms with Gasteiger partial charge in [0, 0.05) is 16.7 Å². The summed E-state index contributed by atoms with van der Waals surface area (Å²) in [7, 11) is 1.42. The quantitative estimate of drug-likeness (QED) is 0.657.